The third-order valence-corrected chi connectivity index (χ3v) is 6.31. The lowest BCUT2D eigenvalue weighted by atomic mass is 9.96. The predicted octanol–water partition coefficient (Wildman–Crippen LogP) is 1.19. The highest BCUT2D eigenvalue weighted by molar-refractivity contribution is 7.80. The number of nitrogens with one attached hydrogen (secondary N) is 3. The van der Waals surface area contributed by atoms with Gasteiger partial charge in [0.25, 0.3) is 5.91 Å². The molecule has 3 amide bonds. The molecule has 0 fully saturated rings. The highest BCUT2D eigenvalue weighted by Crippen LogP contribution is 2.35. The minimum absolute atomic E-state index is 0.218. The molecular weight excluding hydrogens is 454 g/mol. The standard InChI is InChI=1S/C24H27N5O4S/c25-17(12-34)24(32)28-19-8-9-33-21-15(19)5-3-6-16(21)23(31)29-20(22(26)30)10-13-11-27-18-7-2-1-4-14(13)18/h1-7,11,17,19-20,27,34H,8-10,12,25H2,(H2,26,30)(H,28,32)(H,29,31)/t17-,19?,20?/m0/s1. The second-order valence-corrected chi connectivity index (χ2v) is 8.57. The Hall–Kier alpha value is -3.50. The molecule has 34 heavy (non-hydrogen) atoms. The molecule has 9 nitrogen and oxygen atoms in total. The maximum Gasteiger partial charge on any atom is 0.255 e. The lowest BCUT2D eigenvalue weighted by molar-refractivity contribution is -0.123. The molecule has 0 aliphatic carbocycles. The molecule has 1 aromatic heterocycles. The first-order chi connectivity index (χ1) is 16.4. The van der Waals surface area contributed by atoms with Crippen LogP contribution in [0, 0.1) is 0 Å². The molecule has 0 bridgehead atoms. The monoisotopic (exact) mass is 481 g/mol. The van der Waals surface area contributed by atoms with Crippen molar-refractivity contribution in [2.24, 2.45) is 11.5 Å². The third kappa shape index (κ3) is 4.87. The first-order valence-electron chi connectivity index (χ1n) is 11.0. The van der Waals surface area contributed by atoms with E-state index in [0.29, 0.717) is 24.3 Å². The van der Waals surface area contributed by atoms with Crippen LogP contribution in [0.1, 0.15) is 33.9 Å². The van der Waals surface area contributed by atoms with Crippen LogP contribution in [0.3, 0.4) is 0 Å². The van der Waals surface area contributed by atoms with Gasteiger partial charge < -0.3 is 31.8 Å². The number of aromatic nitrogens is 1. The summed E-state index contributed by atoms with van der Waals surface area (Å²) < 4.78 is 5.80. The Morgan fingerprint density at radius 2 is 1.97 bits per heavy atom. The lowest BCUT2D eigenvalue weighted by Gasteiger charge is -2.29. The smallest absolute Gasteiger partial charge is 0.255 e. The lowest BCUT2D eigenvalue weighted by Crippen LogP contribution is -2.46. The SMILES string of the molecule is NC(=O)C(Cc1c[nH]c2ccccc12)NC(=O)c1cccc2c1OCCC2NC(=O)[C@@H](N)CS. The number of fused-ring (bicyclic) bond motifs is 2. The van der Waals surface area contributed by atoms with Crippen LogP contribution in [0.2, 0.25) is 0 Å². The van der Waals surface area contributed by atoms with Crippen molar-refractivity contribution >= 4 is 41.3 Å². The van der Waals surface area contributed by atoms with E-state index in [1.807, 2.05) is 30.5 Å². The van der Waals surface area contributed by atoms with Gasteiger partial charge in [-0.05, 0) is 17.7 Å². The van der Waals surface area contributed by atoms with Gasteiger partial charge in [0.15, 0.2) is 0 Å². The summed E-state index contributed by atoms with van der Waals surface area (Å²) in [6, 6.07) is 10.8. The van der Waals surface area contributed by atoms with Gasteiger partial charge in [0, 0.05) is 41.3 Å². The molecule has 7 N–H and O–H groups in total. The Balaban J connectivity index is 1.55. The Morgan fingerprint density at radius 3 is 2.74 bits per heavy atom. The fourth-order valence-corrected chi connectivity index (χ4v) is 4.26. The van der Waals surface area contributed by atoms with E-state index in [2.05, 4.69) is 28.2 Å². The Kier molecular flexibility index (Phi) is 7.09. The van der Waals surface area contributed by atoms with Gasteiger partial charge in [0.1, 0.15) is 11.8 Å². The Morgan fingerprint density at radius 1 is 1.18 bits per heavy atom. The molecule has 1 aliphatic heterocycles. The summed E-state index contributed by atoms with van der Waals surface area (Å²) in [6.07, 6.45) is 2.58. The van der Waals surface area contributed by atoms with Crippen LogP contribution in [0.25, 0.3) is 10.9 Å². The number of hydrogen-bond acceptors (Lipinski definition) is 6. The van der Waals surface area contributed by atoms with Crippen molar-refractivity contribution < 1.29 is 19.1 Å². The maximum absolute atomic E-state index is 13.2. The normalized spacial score (nSPS) is 16.7. The summed E-state index contributed by atoms with van der Waals surface area (Å²) in [7, 11) is 0. The molecular formula is C24H27N5O4S. The van der Waals surface area contributed by atoms with E-state index in [1.54, 1.807) is 18.2 Å². The van der Waals surface area contributed by atoms with Crippen LogP contribution in [-0.2, 0) is 16.0 Å². The van der Waals surface area contributed by atoms with Gasteiger partial charge in [0.2, 0.25) is 11.8 Å². The zero-order valence-electron chi connectivity index (χ0n) is 18.4. The van der Waals surface area contributed by atoms with Crippen LogP contribution in [0.5, 0.6) is 5.75 Å². The number of primary amides is 1. The van der Waals surface area contributed by atoms with Gasteiger partial charge >= 0.3 is 0 Å². The summed E-state index contributed by atoms with van der Waals surface area (Å²) in [5.41, 5.74) is 14.1. The average Bonchev–Trinajstić information content (AvgIpc) is 3.25. The van der Waals surface area contributed by atoms with Crippen LogP contribution in [0.4, 0.5) is 0 Å². The van der Waals surface area contributed by atoms with E-state index >= 15 is 0 Å². The molecule has 0 spiro atoms. The van der Waals surface area contributed by atoms with Crippen molar-refractivity contribution in [1.29, 1.82) is 0 Å². The molecule has 2 unspecified atom stereocenters. The van der Waals surface area contributed by atoms with E-state index < -0.39 is 23.9 Å². The van der Waals surface area contributed by atoms with Gasteiger partial charge in [-0.3, -0.25) is 14.4 Å². The van der Waals surface area contributed by atoms with E-state index in [-0.39, 0.29) is 29.7 Å². The van der Waals surface area contributed by atoms with Crippen molar-refractivity contribution in [2.45, 2.75) is 31.0 Å². The number of benzene rings is 2. The fraction of sp³-hybridized carbons (Fsp3) is 0.292. The van der Waals surface area contributed by atoms with Gasteiger partial charge in [0.05, 0.1) is 24.3 Å². The highest BCUT2D eigenvalue weighted by atomic mass is 32.1. The molecule has 0 saturated heterocycles. The fourth-order valence-electron chi connectivity index (χ4n) is 4.09. The Labute approximate surface area is 202 Å². The number of para-hydroxylation sites is 2. The molecule has 0 saturated carbocycles. The van der Waals surface area contributed by atoms with Crippen molar-refractivity contribution in [1.82, 2.24) is 15.6 Å². The number of hydrogen-bond donors (Lipinski definition) is 6. The van der Waals surface area contributed by atoms with Gasteiger partial charge in [-0.25, -0.2) is 0 Å². The van der Waals surface area contributed by atoms with E-state index in [0.717, 1.165) is 16.5 Å². The number of amides is 3. The third-order valence-electron chi connectivity index (χ3n) is 5.92. The van der Waals surface area contributed by atoms with Crippen molar-refractivity contribution in [3.05, 3.63) is 65.4 Å². The average molecular weight is 482 g/mol. The number of ether oxygens (including phenoxy) is 1. The number of thiol groups is 1. The number of aromatic amines is 1. The highest BCUT2D eigenvalue weighted by Gasteiger charge is 2.29. The molecule has 4 rings (SSSR count). The molecule has 3 atom stereocenters. The summed E-state index contributed by atoms with van der Waals surface area (Å²) >= 11 is 4.07. The number of nitrogens with two attached hydrogens (primary N) is 2. The van der Waals surface area contributed by atoms with Crippen molar-refractivity contribution in [3.63, 3.8) is 0 Å². The molecule has 2 heterocycles. The van der Waals surface area contributed by atoms with Crippen LogP contribution in [-0.4, -0.2) is 47.1 Å². The second kappa shape index (κ2) is 10.2. The van der Waals surface area contributed by atoms with Crippen molar-refractivity contribution in [3.8, 4) is 5.75 Å². The Bertz CT molecular complexity index is 1230. The topological polar surface area (TPSA) is 152 Å². The zero-order valence-corrected chi connectivity index (χ0v) is 19.3. The molecule has 0 radical (unpaired) electrons. The molecule has 2 aromatic carbocycles. The van der Waals surface area contributed by atoms with Crippen LogP contribution < -0.4 is 26.8 Å². The van der Waals surface area contributed by atoms with E-state index in [9.17, 15) is 14.4 Å². The largest absolute Gasteiger partial charge is 0.492 e. The first kappa shape index (κ1) is 23.7. The minimum atomic E-state index is -0.921. The molecule has 10 heteroatoms. The molecule has 3 aromatic rings. The number of carbonyl (C=O) groups excluding carboxylic acids is 3. The zero-order chi connectivity index (χ0) is 24.2. The summed E-state index contributed by atoms with van der Waals surface area (Å²) in [5.74, 6) is -0.869. The quantitative estimate of drug-likeness (QED) is 0.267. The molecule has 178 valence electrons. The summed E-state index contributed by atoms with van der Waals surface area (Å²) in [4.78, 5) is 40.8. The van der Waals surface area contributed by atoms with Crippen LogP contribution >= 0.6 is 12.6 Å². The van der Waals surface area contributed by atoms with E-state index in [1.165, 1.54) is 0 Å². The van der Waals surface area contributed by atoms with Gasteiger partial charge in [-0.1, -0.05) is 30.3 Å². The summed E-state index contributed by atoms with van der Waals surface area (Å²) in [6.45, 7) is 0.312. The number of carbonyl (C=O) groups is 3. The predicted molar refractivity (Wildman–Crippen MR) is 132 cm³/mol. The maximum atomic E-state index is 13.2. The van der Waals surface area contributed by atoms with Crippen LogP contribution in [0.15, 0.2) is 48.7 Å². The molecule has 1 aliphatic rings. The van der Waals surface area contributed by atoms with E-state index in [4.69, 9.17) is 16.2 Å². The minimum Gasteiger partial charge on any atom is -0.492 e. The number of H-pyrrole nitrogens is 1. The summed E-state index contributed by atoms with van der Waals surface area (Å²) in [5, 5.41) is 6.60. The first-order valence-corrected chi connectivity index (χ1v) is 11.6. The van der Waals surface area contributed by atoms with Gasteiger partial charge in [-0.2, -0.15) is 12.6 Å². The van der Waals surface area contributed by atoms with Crippen molar-refractivity contribution in [2.75, 3.05) is 12.4 Å². The van der Waals surface area contributed by atoms with Gasteiger partial charge in [-0.15, -0.1) is 0 Å². The number of rotatable bonds is 8. The second-order valence-electron chi connectivity index (χ2n) is 8.20.